The SMILES string of the molecule is CC(=O)O[C@H](/C=C\C=C1\C=CC(=O)O1)C[C@@H](OC(C)=O)[C@H](C)OC(C)=O. The molecule has 1 aliphatic heterocycles. The van der Waals surface area contributed by atoms with Gasteiger partial charge in [-0.2, -0.15) is 0 Å². The molecule has 0 bridgehead atoms. The summed E-state index contributed by atoms with van der Waals surface area (Å²) in [6.45, 7) is 5.30. The molecule has 0 amide bonds. The molecule has 3 atom stereocenters. The summed E-state index contributed by atoms with van der Waals surface area (Å²) in [6.07, 6.45) is 5.21. The van der Waals surface area contributed by atoms with Gasteiger partial charge in [-0.25, -0.2) is 4.79 Å². The van der Waals surface area contributed by atoms with Gasteiger partial charge in [0.1, 0.15) is 24.1 Å². The van der Waals surface area contributed by atoms with Crippen LogP contribution in [0.15, 0.2) is 36.1 Å². The van der Waals surface area contributed by atoms with Gasteiger partial charge in [-0.05, 0) is 25.2 Å². The number of esters is 4. The number of allylic oxidation sites excluding steroid dienone is 3. The lowest BCUT2D eigenvalue weighted by Crippen LogP contribution is -2.35. The number of cyclic esters (lactones) is 1. The number of rotatable bonds is 8. The summed E-state index contributed by atoms with van der Waals surface area (Å²) in [5, 5.41) is 0. The third-order valence-corrected chi connectivity index (χ3v) is 3.16. The Morgan fingerprint density at radius 3 is 2.15 bits per heavy atom. The topological polar surface area (TPSA) is 105 Å². The second-order valence-electron chi connectivity index (χ2n) is 5.55. The van der Waals surface area contributed by atoms with E-state index in [4.69, 9.17) is 18.9 Å². The minimum absolute atomic E-state index is 0.0862. The first-order valence-electron chi connectivity index (χ1n) is 7.97. The molecule has 0 aliphatic carbocycles. The molecule has 0 aromatic heterocycles. The van der Waals surface area contributed by atoms with Gasteiger partial charge in [0.25, 0.3) is 0 Å². The number of carbonyl (C=O) groups excluding carboxylic acids is 4. The fourth-order valence-corrected chi connectivity index (χ4v) is 2.19. The highest BCUT2D eigenvalue weighted by molar-refractivity contribution is 5.86. The van der Waals surface area contributed by atoms with Crippen LogP contribution in [0.4, 0.5) is 0 Å². The van der Waals surface area contributed by atoms with Crippen molar-refractivity contribution in [1.82, 2.24) is 0 Å². The zero-order valence-corrected chi connectivity index (χ0v) is 15.1. The Balaban J connectivity index is 2.85. The highest BCUT2D eigenvalue weighted by Gasteiger charge is 2.27. The van der Waals surface area contributed by atoms with E-state index in [1.807, 2.05) is 0 Å². The number of ether oxygens (including phenoxy) is 4. The Kier molecular flexibility index (Phi) is 8.27. The first kappa shape index (κ1) is 21.1. The number of hydrogen-bond acceptors (Lipinski definition) is 8. The van der Waals surface area contributed by atoms with E-state index >= 15 is 0 Å². The summed E-state index contributed by atoms with van der Waals surface area (Å²) in [4.78, 5) is 44.7. The zero-order valence-electron chi connectivity index (χ0n) is 15.1. The van der Waals surface area contributed by atoms with Crippen LogP contribution >= 0.6 is 0 Å². The maximum Gasteiger partial charge on any atom is 0.336 e. The average Bonchev–Trinajstić information content (AvgIpc) is 2.90. The molecule has 26 heavy (non-hydrogen) atoms. The van der Waals surface area contributed by atoms with Crippen LogP contribution in [-0.4, -0.2) is 42.2 Å². The third-order valence-electron chi connectivity index (χ3n) is 3.16. The molecule has 0 radical (unpaired) electrons. The van der Waals surface area contributed by atoms with Gasteiger partial charge in [-0.15, -0.1) is 0 Å². The molecular weight excluding hydrogens is 344 g/mol. The molecule has 0 aromatic rings. The zero-order chi connectivity index (χ0) is 19.7. The fourth-order valence-electron chi connectivity index (χ4n) is 2.19. The molecule has 0 spiro atoms. The van der Waals surface area contributed by atoms with E-state index in [2.05, 4.69) is 0 Å². The van der Waals surface area contributed by atoms with Gasteiger partial charge in [0, 0.05) is 33.3 Å². The van der Waals surface area contributed by atoms with Crippen LogP contribution in [0, 0.1) is 0 Å². The minimum atomic E-state index is -0.803. The lowest BCUT2D eigenvalue weighted by molar-refractivity contribution is -0.167. The smallest absolute Gasteiger partial charge is 0.336 e. The van der Waals surface area contributed by atoms with Crippen molar-refractivity contribution < 1.29 is 38.1 Å². The van der Waals surface area contributed by atoms with Crippen molar-refractivity contribution in [1.29, 1.82) is 0 Å². The van der Waals surface area contributed by atoms with Gasteiger partial charge >= 0.3 is 23.9 Å². The molecule has 0 saturated carbocycles. The molecule has 0 fully saturated rings. The van der Waals surface area contributed by atoms with Crippen LogP contribution in [-0.2, 0) is 38.1 Å². The lowest BCUT2D eigenvalue weighted by atomic mass is 10.1. The summed E-state index contributed by atoms with van der Waals surface area (Å²) in [5.74, 6) is -1.72. The normalized spacial score (nSPS) is 18.3. The molecule has 0 unspecified atom stereocenters. The molecule has 8 heteroatoms. The molecule has 1 heterocycles. The van der Waals surface area contributed by atoms with Crippen molar-refractivity contribution >= 4 is 23.9 Å². The molecule has 8 nitrogen and oxygen atoms in total. The van der Waals surface area contributed by atoms with Crippen molar-refractivity contribution in [2.45, 2.75) is 52.4 Å². The molecule has 0 aromatic carbocycles. The van der Waals surface area contributed by atoms with Crippen molar-refractivity contribution in [3.8, 4) is 0 Å². The highest BCUT2D eigenvalue weighted by atomic mass is 16.6. The maximum atomic E-state index is 11.3. The van der Waals surface area contributed by atoms with E-state index in [0.29, 0.717) is 5.76 Å². The Labute approximate surface area is 151 Å². The van der Waals surface area contributed by atoms with E-state index in [9.17, 15) is 19.2 Å². The summed E-state index contributed by atoms with van der Waals surface area (Å²) in [7, 11) is 0. The third kappa shape index (κ3) is 8.27. The standard InChI is InChI=1S/C18H22O8/c1-11(23-12(2)19)17(25-14(4)21)10-16(24-13(3)20)7-5-6-15-8-9-18(22)26-15/h5-9,11,16-17H,10H2,1-4H3/b7-5-,15-6-/t11-,16+,17+/m0/s1. The second-order valence-corrected chi connectivity index (χ2v) is 5.55. The summed E-state index contributed by atoms with van der Waals surface area (Å²) in [5.41, 5.74) is 0. The van der Waals surface area contributed by atoms with Gasteiger partial charge < -0.3 is 18.9 Å². The van der Waals surface area contributed by atoms with Crippen LogP contribution in [0.2, 0.25) is 0 Å². The highest BCUT2D eigenvalue weighted by Crippen LogP contribution is 2.16. The Hall–Kier alpha value is -2.90. The van der Waals surface area contributed by atoms with Crippen molar-refractivity contribution in [3.63, 3.8) is 0 Å². The number of carbonyl (C=O) groups is 4. The van der Waals surface area contributed by atoms with E-state index in [-0.39, 0.29) is 6.42 Å². The predicted molar refractivity (Wildman–Crippen MR) is 89.4 cm³/mol. The van der Waals surface area contributed by atoms with Gasteiger partial charge in [0.15, 0.2) is 0 Å². The second kappa shape index (κ2) is 10.2. The van der Waals surface area contributed by atoms with Gasteiger partial charge in [0.2, 0.25) is 0 Å². The first-order valence-corrected chi connectivity index (χ1v) is 7.97. The van der Waals surface area contributed by atoms with E-state index < -0.39 is 42.2 Å². The Bertz CT molecular complexity index is 644. The van der Waals surface area contributed by atoms with Crippen LogP contribution in [0.5, 0.6) is 0 Å². The minimum Gasteiger partial charge on any atom is -0.459 e. The quantitative estimate of drug-likeness (QED) is 0.472. The Morgan fingerprint density at radius 2 is 1.65 bits per heavy atom. The number of hydrogen-bond donors (Lipinski definition) is 0. The van der Waals surface area contributed by atoms with E-state index in [0.717, 1.165) is 0 Å². The maximum absolute atomic E-state index is 11.3. The molecule has 0 N–H and O–H groups in total. The van der Waals surface area contributed by atoms with E-state index in [1.54, 1.807) is 19.1 Å². The van der Waals surface area contributed by atoms with Crippen LogP contribution in [0.1, 0.15) is 34.1 Å². The predicted octanol–water partition coefficient (Wildman–Crippen LogP) is 1.74. The molecule has 1 aliphatic rings. The van der Waals surface area contributed by atoms with Crippen LogP contribution < -0.4 is 0 Å². The molecule has 1 rings (SSSR count). The van der Waals surface area contributed by atoms with Crippen molar-refractivity contribution in [2.24, 2.45) is 0 Å². The average molecular weight is 366 g/mol. The van der Waals surface area contributed by atoms with Gasteiger partial charge in [0.05, 0.1) is 0 Å². The fraction of sp³-hybridized carbons (Fsp3) is 0.444. The molecule has 0 saturated heterocycles. The summed E-state index contributed by atoms with van der Waals surface area (Å²) < 4.78 is 20.3. The van der Waals surface area contributed by atoms with Crippen molar-refractivity contribution in [3.05, 3.63) is 36.1 Å². The van der Waals surface area contributed by atoms with Crippen LogP contribution in [0.3, 0.4) is 0 Å². The lowest BCUT2D eigenvalue weighted by Gasteiger charge is -2.26. The summed E-state index contributed by atoms with van der Waals surface area (Å²) in [6, 6.07) is 0. The Morgan fingerprint density at radius 1 is 1.04 bits per heavy atom. The monoisotopic (exact) mass is 366 g/mol. The van der Waals surface area contributed by atoms with Crippen LogP contribution in [0.25, 0.3) is 0 Å². The van der Waals surface area contributed by atoms with E-state index in [1.165, 1.54) is 39.0 Å². The molecule has 142 valence electrons. The first-order chi connectivity index (χ1) is 12.2. The van der Waals surface area contributed by atoms with Gasteiger partial charge in [-0.3, -0.25) is 14.4 Å². The van der Waals surface area contributed by atoms with Crippen molar-refractivity contribution in [2.75, 3.05) is 0 Å². The summed E-state index contributed by atoms with van der Waals surface area (Å²) >= 11 is 0. The molecular formula is C18H22O8. The van der Waals surface area contributed by atoms with Gasteiger partial charge in [-0.1, -0.05) is 6.08 Å². The largest absolute Gasteiger partial charge is 0.459 e.